The van der Waals surface area contributed by atoms with E-state index in [9.17, 15) is 4.79 Å². The molecule has 1 saturated carbocycles. The predicted octanol–water partition coefficient (Wildman–Crippen LogP) is 0.881. The van der Waals surface area contributed by atoms with Crippen molar-refractivity contribution in [1.29, 1.82) is 0 Å². The van der Waals surface area contributed by atoms with E-state index in [1.54, 1.807) is 14.2 Å². The normalized spacial score (nSPS) is 26.7. The maximum absolute atomic E-state index is 10.9. The van der Waals surface area contributed by atoms with Gasteiger partial charge in [0, 0.05) is 26.8 Å². The summed E-state index contributed by atoms with van der Waals surface area (Å²) in [6, 6.07) is 0.291. The number of ether oxygens (including phenoxy) is 2. The molecule has 3 atom stereocenters. The van der Waals surface area contributed by atoms with Crippen molar-refractivity contribution in [2.45, 2.75) is 37.8 Å². The van der Waals surface area contributed by atoms with E-state index in [0.29, 0.717) is 19.2 Å². The molecule has 0 radical (unpaired) electrons. The van der Waals surface area contributed by atoms with Crippen molar-refractivity contribution in [1.82, 2.24) is 5.32 Å². The lowest BCUT2D eigenvalue weighted by molar-refractivity contribution is -0.143. The number of carboxylic acid groups (broad SMARTS) is 1. The number of aliphatic carboxylic acids is 1. The van der Waals surface area contributed by atoms with Crippen LogP contribution in [0.3, 0.4) is 0 Å². The zero-order valence-electron chi connectivity index (χ0n) is 10.6. The number of carboxylic acids is 1. The maximum atomic E-state index is 10.9. The second-order valence-electron chi connectivity index (χ2n) is 4.62. The van der Waals surface area contributed by atoms with E-state index in [0.717, 1.165) is 25.7 Å². The molecule has 1 fully saturated rings. The first-order chi connectivity index (χ1) is 8.17. The molecule has 1 aliphatic rings. The van der Waals surface area contributed by atoms with E-state index in [1.807, 2.05) is 0 Å². The van der Waals surface area contributed by atoms with Crippen LogP contribution >= 0.6 is 0 Å². The fourth-order valence-electron chi connectivity index (χ4n) is 2.29. The fraction of sp³-hybridized carbons (Fsp3) is 0.917. The van der Waals surface area contributed by atoms with Crippen LogP contribution in [0.1, 0.15) is 25.7 Å². The van der Waals surface area contributed by atoms with Gasteiger partial charge in [-0.1, -0.05) is 6.42 Å². The molecule has 100 valence electrons. The molecule has 0 aromatic rings. The van der Waals surface area contributed by atoms with E-state index in [-0.39, 0.29) is 12.0 Å². The van der Waals surface area contributed by atoms with Gasteiger partial charge in [-0.25, -0.2) is 0 Å². The Bertz CT molecular complexity index is 235. The molecule has 1 aliphatic carbocycles. The molecule has 0 aromatic heterocycles. The van der Waals surface area contributed by atoms with Gasteiger partial charge >= 0.3 is 5.97 Å². The molecule has 3 unspecified atom stereocenters. The third-order valence-electron chi connectivity index (χ3n) is 3.34. The third kappa shape index (κ3) is 5.02. The van der Waals surface area contributed by atoms with Gasteiger partial charge in [0.15, 0.2) is 0 Å². The van der Waals surface area contributed by atoms with Crippen LogP contribution in [0, 0.1) is 5.92 Å². The Hall–Kier alpha value is -0.650. The summed E-state index contributed by atoms with van der Waals surface area (Å²) in [5, 5.41) is 12.4. The van der Waals surface area contributed by atoms with Gasteiger partial charge in [-0.3, -0.25) is 4.79 Å². The summed E-state index contributed by atoms with van der Waals surface area (Å²) in [6.45, 7) is 1.26. The number of carbonyl (C=O) groups is 1. The SMILES string of the molecule is COCC(CNC1CCCC(C(=O)O)C1)OC. The van der Waals surface area contributed by atoms with Gasteiger partial charge in [0.25, 0.3) is 0 Å². The Morgan fingerprint density at radius 3 is 2.82 bits per heavy atom. The summed E-state index contributed by atoms with van der Waals surface area (Å²) >= 11 is 0. The first-order valence-corrected chi connectivity index (χ1v) is 6.15. The number of nitrogens with one attached hydrogen (secondary N) is 1. The van der Waals surface area contributed by atoms with Crippen LogP contribution < -0.4 is 5.32 Å². The zero-order chi connectivity index (χ0) is 12.7. The van der Waals surface area contributed by atoms with Crippen LogP contribution in [0.2, 0.25) is 0 Å². The second kappa shape index (κ2) is 7.63. The van der Waals surface area contributed by atoms with Crippen LogP contribution in [0.25, 0.3) is 0 Å². The molecule has 5 heteroatoms. The number of hydrogen-bond donors (Lipinski definition) is 2. The molecule has 0 aromatic carbocycles. The van der Waals surface area contributed by atoms with Gasteiger partial charge in [-0.05, 0) is 19.3 Å². The van der Waals surface area contributed by atoms with Crippen molar-refractivity contribution in [2.75, 3.05) is 27.4 Å². The van der Waals surface area contributed by atoms with Gasteiger partial charge in [0.05, 0.1) is 18.6 Å². The summed E-state index contributed by atoms with van der Waals surface area (Å²) in [6.07, 6.45) is 3.59. The van der Waals surface area contributed by atoms with Crippen molar-refractivity contribution in [2.24, 2.45) is 5.92 Å². The van der Waals surface area contributed by atoms with Gasteiger partial charge < -0.3 is 19.9 Å². The second-order valence-corrected chi connectivity index (χ2v) is 4.62. The molecule has 0 spiro atoms. The van der Waals surface area contributed by atoms with Gasteiger partial charge in [-0.2, -0.15) is 0 Å². The summed E-state index contributed by atoms with van der Waals surface area (Å²) in [5.41, 5.74) is 0. The molecule has 17 heavy (non-hydrogen) atoms. The Morgan fingerprint density at radius 2 is 2.24 bits per heavy atom. The molecule has 0 aliphatic heterocycles. The van der Waals surface area contributed by atoms with Crippen molar-refractivity contribution in [3.63, 3.8) is 0 Å². The first kappa shape index (κ1) is 14.4. The molecule has 0 saturated heterocycles. The first-order valence-electron chi connectivity index (χ1n) is 6.15. The predicted molar refractivity (Wildman–Crippen MR) is 64.1 cm³/mol. The van der Waals surface area contributed by atoms with E-state index in [4.69, 9.17) is 14.6 Å². The topological polar surface area (TPSA) is 67.8 Å². The molecular weight excluding hydrogens is 222 g/mol. The van der Waals surface area contributed by atoms with Gasteiger partial charge in [0.2, 0.25) is 0 Å². The highest BCUT2D eigenvalue weighted by Crippen LogP contribution is 2.24. The minimum Gasteiger partial charge on any atom is -0.481 e. The highest BCUT2D eigenvalue weighted by Gasteiger charge is 2.26. The van der Waals surface area contributed by atoms with Crippen molar-refractivity contribution in [3.05, 3.63) is 0 Å². The molecule has 2 N–H and O–H groups in total. The quantitative estimate of drug-likeness (QED) is 0.697. The van der Waals surface area contributed by atoms with E-state index in [2.05, 4.69) is 5.32 Å². The van der Waals surface area contributed by atoms with E-state index >= 15 is 0 Å². The molecule has 0 amide bonds. The summed E-state index contributed by atoms with van der Waals surface area (Å²) in [5.74, 6) is -0.860. The van der Waals surface area contributed by atoms with Crippen molar-refractivity contribution < 1.29 is 19.4 Å². The number of methoxy groups -OCH3 is 2. The Kier molecular flexibility index (Phi) is 6.47. The monoisotopic (exact) mass is 245 g/mol. The Labute approximate surface area is 102 Å². The zero-order valence-corrected chi connectivity index (χ0v) is 10.6. The van der Waals surface area contributed by atoms with Gasteiger partial charge in [0.1, 0.15) is 0 Å². The fourth-order valence-corrected chi connectivity index (χ4v) is 2.29. The highest BCUT2D eigenvalue weighted by atomic mass is 16.5. The standard InChI is InChI=1S/C12H23NO4/c1-16-8-11(17-2)7-13-10-5-3-4-9(6-10)12(14)15/h9-11,13H,3-8H2,1-2H3,(H,14,15). The minimum atomic E-state index is -0.670. The van der Waals surface area contributed by atoms with Crippen molar-refractivity contribution in [3.8, 4) is 0 Å². The molecule has 5 nitrogen and oxygen atoms in total. The van der Waals surface area contributed by atoms with Crippen LogP contribution in [0.15, 0.2) is 0 Å². The van der Waals surface area contributed by atoms with Crippen molar-refractivity contribution >= 4 is 5.97 Å². The van der Waals surface area contributed by atoms with Crippen LogP contribution in [-0.4, -0.2) is 50.6 Å². The minimum absolute atomic E-state index is 0.0326. The smallest absolute Gasteiger partial charge is 0.306 e. The summed E-state index contributed by atoms with van der Waals surface area (Å²) in [4.78, 5) is 10.9. The average molecular weight is 245 g/mol. The highest BCUT2D eigenvalue weighted by molar-refractivity contribution is 5.70. The average Bonchev–Trinajstić information content (AvgIpc) is 2.34. The number of hydrogen-bond acceptors (Lipinski definition) is 4. The molecular formula is C12H23NO4. The van der Waals surface area contributed by atoms with E-state index in [1.165, 1.54) is 0 Å². The summed E-state index contributed by atoms with van der Waals surface area (Å²) in [7, 11) is 3.30. The summed E-state index contributed by atoms with van der Waals surface area (Å²) < 4.78 is 10.3. The van der Waals surface area contributed by atoms with Crippen LogP contribution in [-0.2, 0) is 14.3 Å². The molecule has 1 rings (SSSR count). The van der Waals surface area contributed by atoms with Crippen LogP contribution in [0.5, 0.6) is 0 Å². The van der Waals surface area contributed by atoms with E-state index < -0.39 is 5.97 Å². The lowest BCUT2D eigenvalue weighted by Gasteiger charge is -2.28. The lowest BCUT2D eigenvalue weighted by atomic mass is 9.86. The Balaban J connectivity index is 2.28. The Morgan fingerprint density at radius 1 is 1.47 bits per heavy atom. The maximum Gasteiger partial charge on any atom is 0.306 e. The third-order valence-corrected chi connectivity index (χ3v) is 3.34. The van der Waals surface area contributed by atoms with Gasteiger partial charge in [-0.15, -0.1) is 0 Å². The molecule has 0 bridgehead atoms. The van der Waals surface area contributed by atoms with Crippen LogP contribution in [0.4, 0.5) is 0 Å². The number of rotatable bonds is 7. The lowest BCUT2D eigenvalue weighted by Crippen LogP contribution is -2.41. The molecule has 0 heterocycles. The largest absolute Gasteiger partial charge is 0.481 e.